The van der Waals surface area contributed by atoms with Crippen LogP contribution in [0.2, 0.25) is 0 Å². The molecule has 0 atom stereocenters. The third-order valence-electron chi connectivity index (χ3n) is 6.05. The van der Waals surface area contributed by atoms with Gasteiger partial charge in [-0.1, -0.05) is 0 Å². The van der Waals surface area contributed by atoms with Crippen molar-refractivity contribution in [2.24, 2.45) is 7.05 Å². The lowest BCUT2D eigenvalue weighted by molar-refractivity contribution is 0.102. The molecule has 1 aromatic carbocycles. The molecule has 182 valence electrons. The fourth-order valence-corrected chi connectivity index (χ4v) is 4.22. The number of nitrogens with zero attached hydrogens (tertiary/aromatic N) is 5. The summed E-state index contributed by atoms with van der Waals surface area (Å²) in [5, 5.41) is 8.07. The van der Waals surface area contributed by atoms with Gasteiger partial charge in [-0.15, -0.1) is 0 Å². The summed E-state index contributed by atoms with van der Waals surface area (Å²) in [4.78, 5) is 35.1. The summed E-state index contributed by atoms with van der Waals surface area (Å²) in [6, 6.07) is 10.5. The van der Waals surface area contributed by atoms with Crippen LogP contribution in [0.5, 0.6) is 0 Å². The third kappa shape index (κ3) is 4.08. The zero-order chi connectivity index (χ0) is 25.6. The number of nitrogens with one attached hydrogen (secondary N) is 1. The number of carbonyl (C=O) groups is 2. The maximum absolute atomic E-state index is 13.5. The Morgan fingerprint density at radius 1 is 1.08 bits per heavy atom. The van der Waals surface area contributed by atoms with Gasteiger partial charge in [0, 0.05) is 42.3 Å². The van der Waals surface area contributed by atoms with Crippen molar-refractivity contribution in [2.75, 3.05) is 5.32 Å². The number of aryl methyl sites for hydroxylation is 3. The number of imidazole rings is 1. The van der Waals surface area contributed by atoms with Crippen molar-refractivity contribution in [3.8, 4) is 11.3 Å². The lowest BCUT2D eigenvalue weighted by atomic mass is 10.1. The van der Waals surface area contributed by atoms with Gasteiger partial charge in [-0.25, -0.2) is 14.6 Å². The fraction of sp³-hybridized carbons (Fsp3) is 0.222. The molecule has 9 nitrogen and oxygen atoms in total. The van der Waals surface area contributed by atoms with Gasteiger partial charge in [-0.3, -0.25) is 9.59 Å². The second-order valence-corrected chi connectivity index (χ2v) is 9.02. The molecule has 0 aliphatic heterocycles. The standard InChI is InChI=1S/C27H26N6O3/c1-15(2)33-25-22(14-29-33)21(13-23(31-25)20-12-16(3)36-17(20)4)27(35)30-19-8-6-18(7-9-19)24(34)26-28-10-11-32(26)5/h6-15H,1-5H3,(H,30,35). The highest BCUT2D eigenvalue weighted by Gasteiger charge is 2.21. The van der Waals surface area contributed by atoms with E-state index < -0.39 is 0 Å². The predicted octanol–water partition coefficient (Wildman–Crippen LogP) is 5.11. The Kier molecular flexibility index (Phi) is 5.75. The Labute approximate surface area is 207 Å². The molecule has 0 spiro atoms. The first-order valence-corrected chi connectivity index (χ1v) is 11.6. The highest BCUT2D eigenvalue weighted by molar-refractivity contribution is 6.13. The van der Waals surface area contributed by atoms with Crippen LogP contribution in [0.25, 0.3) is 22.3 Å². The maximum Gasteiger partial charge on any atom is 0.256 e. The predicted molar refractivity (Wildman–Crippen MR) is 136 cm³/mol. The van der Waals surface area contributed by atoms with E-state index in [4.69, 9.17) is 9.40 Å². The molecule has 4 aromatic heterocycles. The van der Waals surface area contributed by atoms with Crippen molar-refractivity contribution in [1.29, 1.82) is 0 Å². The second-order valence-electron chi connectivity index (χ2n) is 9.02. The zero-order valence-electron chi connectivity index (χ0n) is 20.7. The molecule has 9 heteroatoms. The van der Waals surface area contributed by atoms with E-state index in [-0.39, 0.29) is 17.7 Å². The SMILES string of the molecule is Cc1cc(-c2cc(C(=O)Nc3ccc(C(=O)c4nccn4C)cc3)c3cnn(C(C)C)c3n2)c(C)o1. The number of hydrogen-bond donors (Lipinski definition) is 1. The lowest BCUT2D eigenvalue weighted by Crippen LogP contribution is -2.14. The molecule has 4 heterocycles. The molecular weight excluding hydrogens is 456 g/mol. The van der Waals surface area contributed by atoms with Crippen LogP contribution in [0.3, 0.4) is 0 Å². The van der Waals surface area contributed by atoms with Crippen LogP contribution in [0, 0.1) is 13.8 Å². The summed E-state index contributed by atoms with van der Waals surface area (Å²) >= 11 is 0. The minimum absolute atomic E-state index is 0.0668. The quantitative estimate of drug-likeness (QED) is 0.337. The smallest absolute Gasteiger partial charge is 0.256 e. The van der Waals surface area contributed by atoms with Gasteiger partial charge >= 0.3 is 0 Å². The van der Waals surface area contributed by atoms with Crippen LogP contribution >= 0.6 is 0 Å². The number of furan rings is 1. The highest BCUT2D eigenvalue weighted by atomic mass is 16.3. The van der Waals surface area contributed by atoms with Gasteiger partial charge in [0.1, 0.15) is 11.5 Å². The van der Waals surface area contributed by atoms with Crippen molar-refractivity contribution < 1.29 is 14.0 Å². The van der Waals surface area contributed by atoms with Gasteiger partial charge in [-0.05, 0) is 64.1 Å². The van der Waals surface area contributed by atoms with Crippen LogP contribution < -0.4 is 5.32 Å². The monoisotopic (exact) mass is 482 g/mol. The second kappa shape index (κ2) is 8.92. The summed E-state index contributed by atoms with van der Waals surface area (Å²) in [5.74, 6) is 1.37. The summed E-state index contributed by atoms with van der Waals surface area (Å²) in [6.45, 7) is 7.79. The molecule has 0 saturated heterocycles. The number of aromatic nitrogens is 5. The van der Waals surface area contributed by atoms with Gasteiger partial charge in [0.25, 0.3) is 5.91 Å². The molecule has 0 saturated carbocycles. The summed E-state index contributed by atoms with van der Waals surface area (Å²) in [6.07, 6.45) is 4.97. The molecule has 1 amide bonds. The maximum atomic E-state index is 13.5. The van der Waals surface area contributed by atoms with Crippen molar-refractivity contribution in [3.05, 3.63) is 83.5 Å². The van der Waals surface area contributed by atoms with Crippen LogP contribution in [0.4, 0.5) is 5.69 Å². The van der Waals surface area contributed by atoms with E-state index in [1.165, 1.54) is 0 Å². The van der Waals surface area contributed by atoms with E-state index >= 15 is 0 Å². The average molecular weight is 483 g/mol. The van der Waals surface area contributed by atoms with Crippen molar-refractivity contribution in [1.82, 2.24) is 24.3 Å². The van der Waals surface area contributed by atoms with Crippen molar-refractivity contribution >= 4 is 28.4 Å². The Bertz CT molecular complexity index is 1600. The van der Waals surface area contributed by atoms with Crippen LogP contribution in [0.15, 0.2) is 59.4 Å². The van der Waals surface area contributed by atoms with Crippen LogP contribution in [-0.4, -0.2) is 36.0 Å². The summed E-state index contributed by atoms with van der Waals surface area (Å²) in [7, 11) is 1.77. The Morgan fingerprint density at radius 3 is 2.44 bits per heavy atom. The van der Waals surface area contributed by atoms with Crippen LogP contribution in [0.1, 0.15) is 58.0 Å². The number of pyridine rings is 1. The number of hydrogen-bond acceptors (Lipinski definition) is 6. The van der Waals surface area contributed by atoms with Gasteiger partial charge in [0.05, 0.1) is 22.8 Å². The number of amides is 1. The first kappa shape index (κ1) is 23.2. The largest absolute Gasteiger partial charge is 0.466 e. The molecular formula is C27H26N6O3. The number of anilines is 1. The van der Waals surface area contributed by atoms with Crippen molar-refractivity contribution in [2.45, 2.75) is 33.7 Å². The van der Waals surface area contributed by atoms with Gasteiger partial charge in [0.15, 0.2) is 11.5 Å². The molecule has 5 aromatic rings. The van der Waals surface area contributed by atoms with Crippen molar-refractivity contribution in [3.63, 3.8) is 0 Å². The van der Waals surface area contributed by atoms with Gasteiger partial charge in [0.2, 0.25) is 5.78 Å². The highest BCUT2D eigenvalue weighted by Crippen LogP contribution is 2.30. The number of benzene rings is 1. The van der Waals surface area contributed by atoms with Gasteiger partial charge < -0.3 is 14.3 Å². The first-order chi connectivity index (χ1) is 17.2. The molecule has 0 radical (unpaired) electrons. The summed E-state index contributed by atoms with van der Waals surface area (Å²) in [5.41, 5.74) is 3.60. The lowest BCUT2D eigenvalue weighted by Gasteiger charge is -2.11. The Morgan fingerprint density at radius 2 is 1.83 bits per heavy atom. The molecule has 0 unspecified atom stereocenters. The van der Waals surface area contributed by atoms with E-state index in [2.05, 4.69) is 15.4 Å². The molecule has 36 heavy (non-hydrogen) atoms. The minimum Gasteiger partial charge on any atom is -0.466 e. The number of rotatable bonds is 6. The normalized spacial score (nSPS) is 11.4. The molecule has 0 aliphatic rings. The summed E-state index contributed by atoms with van der Waals surface area (Å²) < 4.78 is 9.18. The molecule has 0 bridgehead atoms. The number of fused-ring (bicyclic) bond motifs is 1. The van der Waals surface area contributed by atoms with E-state index in [0.29, 0.717) is 39.4 Å². The van der Waals surface area contributed by atoms with Gasteiger partial charge in [-0.2, -0.15) is 5.10 Å². The van der Waals surface area contributed by atoms with E-state index in [1.807, 2.05) is 33.8 Å². The first-order valence-electron chi connectivity index (χ1n) is 11.6. The van der Waals surface area contributed by atoms with E-state index in [9.17, 15) is 9.59 Å². The van der Waals surface area contributed by atoms with E-state index in [1.54, 1.807) is 65.2 Å². The molecule has 1 N–H and O–H groups in total. The number of carbonyl (C=O) groups excluding carboxylic acids is 2. The molecule has 0 aliphatic carbocycles. The molecule has 0 fully saturated rings. The number of ketones is 1. The molecule has 5 rings (SSSR count). The Balaban J connectivity index is 1.49. The van der Waals surface area contributed by atoms with E-state index in [0.717, 1.165) is 17.1 Å². The third-order valence-corrected chi connectivity index (χ3v) is 6.05. The zero-order valence-corrected chi connectivity index (χ0v) is 20.7. The topological polar surface area (TPSA) is 108 Å². The average Bonchev–Trinajstić information content (AvgIpc) is 3.56. The fourth-order valence-electron chi connectivity index (χ4n) is 4.22. The minimum atomic E-state index is -0.298. The Hall–Kier alpha value is -4.53. The van der Waals surface area contributed by atoms with Crippen LogP contribution in [-0.2, 0) is 7.05 Å².